The molecule has 0 aliphatic heterocycles. The Balaban J connectivity index is 3.84. The van der Waals surface area contributed by atoms with Crippen LogP contribution >= 0.6 is 0 Å². The molecule has 0 radical (unpaired) electrons. The summed E-state index contributed by atoms with van der Waals surface area (Å²) in [6.45, 7) is 1.35. The molecule has 0 aromatic heterocycles. The molecule has 0 saturated carbocycles. The number of ketones is 1. The minimum atomic E-state index is -2.23. The molecule has 0 fully saturated rings. The molecule has 0 unspecified atom stereocenters. The van der Waals surface area contributed by atoms with Crippen molar-refractivity contribution in [1.29, 1.82) is 0 Å². The van der Waals surface area contributed by atoms with Crippen molar-refractivity contribution in [2.75, 3.05) is 13.2 Å². The van der Waals surface area contributed by atoms with Gasteiger partial charge in [-0.15, -0.1) is 0 Å². The van der Waals surface area contributed by atoms with Crippen LogP contribution < -0.4 is 0 Å². The number of ether oxygens (including phenoxy) is 1. The Morgan fingerprint density at radius 3 is 1.74 bits per heavy atom. The summed E-state index contributed by atoms with van der Waals surface area (Å²) in [5.41, 5.74) is 0. The highest BCUT2D eigenvalue weighted by Crippen LogP contribution is 2.11. The number of hydrogen-bond acceptors (Lipinski definition) is 8. The quantitative estimate of drug-likeness (QED) is 0.136. The molecule has 0 heterocycles. The highest BCUT2D eigenvalue weighted by Gasteiger charge is 2.37. The average molecular weight is 392 g/mol. The van der Waals surface area contributed by atoms with Gasteiger partial charge in [0.05, 0.1) is 13.2 Å². The molecule has 0 saturated heterocycles. The lowest BCUT2D eigenvalue weighted by Crippen LogP contribution is -2.50. The molecule has 27 heavy (non-hydrogen) atoms. The molecule has 5 N–H and O–H groups in total. The second-order valence-corrected chi connectivity index (χ2v) is 6.86. The topological polar surface area (TPSA) is 145 Å². The first-order valence-electron chi connectivity index (χ1n) is 9.90. The van der Waals surface area contributed by atoms with E-state index in [4.69, 9.17) is 9.84 Å². The Kier molecular flexibility index (Phi) is 15.3. The van der Waals surface area contributed by atoms with Gasteiger partial charge in [-0.2, -0.15) is 0 Å². The van der Waals surface area contributed by atoms with E-state index in [9.17, 15) is 30.0 Å². The Hall–Kier alpha value is -1.06. The Labute approximate surface area is 161 Å². The zero-order chi connectivity index (χ0) is 20.7. The van der Waals surface area contributed by atoms with Crippen LogP contribution in [0.1, 0.15) is 71.1 Å². The zero-order valence-electron chi connectivity index (χ0n) is 16.3. The van der Waals surface area contributed by atoms with Crippen molar-refractivity contribution in [3.05, 3.63) is 0 Å². The summed E-state index contributed by atoms with van der Waals surface area (Å²) in [4.78, 5) is 23.2. The Morgan fingerprint density at radius 2 is 1.26 bits per heavy atom. The SMILES string of the molecule is CCCCCCCCCCCCOC(=O)C(=O)[C@H](O)[C@@H](O)[C@H](O)[C@H](O)CO. The van der Waals surface area contributed by atoms with E-state index >= 15 is 0 Å². The summed E-state index contributed by atoms with van der Waals surface area (Å²) in [6.07, 6.45) is 3.06. The van der Waals surface area contributed by atoms with Gasteiger partial charge >= 0.3 is 5.97 Å². The highest BCUT2D eigenvalue weighted by molar-refractivity contribution is 6.35. The van der Waals surface area contributed by atoms with Crippen LogP contribution in [-0.4, -0.2) is 74.9 Å². The molecule has 0 aliphatic rings. The third-order valence-corrected chi connectivity index (χ3v) is 4.46. The maximum absolute atomic E-state index is 11.7. The largest absolute Gasteiger partial charge is 0.460 e. The third-order valence-electron chi connectivity index (χ3n) is 4.46. The maximum atomic E-state index is 11.7. The molecule has 0 aromatic carbocycles. The van der Waals surface area contributed by atoms with Crippen molar-refractivity contribution in [3.63, 3.8) is 0 Å². The molecule has 8 nitrogen and oxygen atoms in total. The molecule has 160 valence electrons. The van der Waals surface area contributed by atoms with Crippen molar-refractivity contribution >= 4 is 11.8 Å². The van der Waals surface area contributed by atoms with Gasteiger partial charge in [0.2, 0.25) is 0 Å². The monoisotopic (exact) mass is 392 g/mol. The van der Waals surface area contributed by atoms with E-state index in [1.54, 1.807) is 0 Å². The number of carbonyl (C=O) groups excluding carboxylic acids is 2. The van der Waals surface area contributed by atoms with Gasteiger partial charge in [0.25, 0.3) is 5.78 Å². The van der Waals surface area contributed by atoms with Gasteiger partial charge in [-0.1, -0.05) is 64.7 Å². The molecular weight excluding hydrogens is 356 g/mol. The van der Waals surface area contributed by atoms with Gasteiger partial charge in [0, 0.05) is 0 Å². The second kappa shape index (κ2) is 15.9. The standard InChI is InChI=1S/C19H36O8/c1-2-3-4-5-6-7-8-9-10-11-12-27-19(26)18(25)17(24)16(23)15(22)14(21)13-20/h14-17,20-24H,2-13H2,1H3/t14-,15-,16+,17-/m1/s1. The van der Waals surface area contributed by atoms with E-state index in [-0.39, 0.29) is 6.61 Å². The van der Waals surface area contributed by atoms with Crippen LogP contribution in [-0.2, 0) is 14.3 Å². The lowest BCUT2D eigenvalue weighted by molar-refractivity contribution is -0.165. The van der Waals surface area contributed by atoms with E-state index < -0.39 is 42.8 Å². The fraction of sp³-hybridized carbons (Fsp3) is 0.895. The lowest BCUT2D eigenvalue weighted by atomic mass is 10.0. The molecule has 4 atom stereocenters. The van der Waals surface area contributed by atoms with Gasteiger partial charge in [0.1, 0.15) is 18.3 Å². The van der Waals surface area contributed by atoms with Gasteiger partial charge in [0.15, 0.2) is 6.10 Å². The van der Waals surface area contributed by atoms with Gasteiger partial charge in [-0.05, 0) is 6.42 Å². The fourth-order valence-electron chi connectivity index (χ4n) is 2.62. The molecular formula is C19H36O8. The summed E-state index contributed by atoms with van der Waals surface area (Å²) in [6, 6.07) is 0. The second-order valence-electron chi connectivity index (χ2n) is 6.86. The van der Waals surface area contributed by atoms with Gasteiger partial charge < -0.3 is 30.3 Å². The zero-order valence-corrected chi connectivity index (χ0v) is 16.3. The number of aliphatic hydroxyl groups excluding tert-OH is 5. The van der Waals surface area contributed by atoms with E-state index in [0.717, 1.165) is 19.3 Å². The van der Waals surface area contributed by atoms with Crippen molar-refractivity contribution in [2.45, 2.75) is 95.5 Å². The average Bonchev–Trinajstić information content (AvgIpc) is 2.68. The van der Waals surface area contributed by atoms with Crippen molar-refractivity contribution in [3.8, 4) is 0 Å². The minimum absolute atomic E-state index is 0.0334. The summed E-state index contributed by atoms with van der Waals surface area (Å²) in [7, 11) is 0. The number of aliphatic hydroxyl groups is 5. The van der Waals surface area contributed by atoms with Crippen LogP contribution in [0.3, 0.4) is 0 Å². The van der Waals surface area contributed by atoms with Crippen LogP contribution in [0, 0.1) is 0 Å². The van der Waals surface area contributed by atoms with Crippen LogP contribution in [0.5, 0.6) is 0 Å². The van der Waals surface area contributed by atoms with E-state index in [2.05, 4.69) is 6.92 Å². The van der Waals surface area contributed by atoms with Crippen molar-refractivity contribution in [2.24, 2.45) is 0 Å². The number of unbranched alkanes of at least 4 members (excludes halogenated alkanes) is 9. The number of esters is 1. The maximum Gasteiger partial charge on any atom is 0.377 e. The Bertz CT molecular complexity index is 401. The van der Waals surface area contributed by atoms with E-state index in [1.807, 2.05) is 0 Å². The number of hydrogen-bond donors (Lipinski definition) is 5. The molecule has 0 aliphatic carbocycles. The van der Waals surface area contributed by atoms with E-state index in [0.29, 0.717) is 6.42 Å². The molecule has 0 spiro atoms. The summed E-state index contributed by atoms with van der Waals surface area (Å²) >= 11 is 0. The van der Waals surface area contributed by atoms with Crippen LogP contribution in [0.15, 0.2) is 0 Å². The number of rotatable bonds is 17. The first-order valence-corrected chi connectivity index (χ1v) is 9.90. The molecule has 8 heteroatoms. The summed E-state index contributed by atoms with van der Waals surface area (Å²) in [5.74, 6) is -2.71. The van der Waals surface area contributed by atoms with Gasteiger partial charge in [-0.3, -0.25) is 4.79 Å². The van der Waals surface area contributed by atoms with Crippen LogP contribution in [0.25, 0.3) is 0 Å². The normalized spacial score (nSPS) is 15.8. The Morgan fingerprint density at radius 1 is 0.778 bits per heavy atom. The lowest BCUT2D eigenvalue weighted by Gasteiger charge is -2.24. The van der Waals surface area contributed by atoms with E-state index in [1.165, 1.54) is 38.5 Å². The van der Waals surface area contributed by atoms with Crippen molar-refractivity contribution < 1.29 is 39.9 Å². The first-order chi connectivity index (χ1) is 12.9. The van der Waals surface area contributed by atoms with Gasteiger partial charge in [-0.25, -0.2) is 4.79 Å². The minimum Gasteiger partial charge on any atom is -0.460 e. The highest BCUT2D eigenvalue weighted by atomic mass is 16.5. The number of Topliss-reactive ketones (excluding diaryl/α,β-unsaturated/α-hetero) is 1. The fourth-order valence-corrected chi connectivity index (χ4v) is 2.62. The smallest absolute Gasteiger partial charge is 0.377 e. The summed E-state index contributed by atoms with van der Waals surface area (Å²) < 4.78 is 4.76. The molecule has 0 rings (SSSR count). The van der Waals surface area contributed by atoms with Crippen LogP contribution in [0.4, 0.5) is 0 Å². The molecule has 0 bridgehead atoms. The molecule has 0 amide bonds. The number of carbonyl (C=O) groups is 2. The van der Waals surface area contributed by atoms with Crippen LogP contribution in [0.2, 0.25) is 0 Å². The van der Waals surface area contributed by atoms with Crippen molar-refractivity contribution in [1.82, 2.24) is 0 Å². The third kappa shape index (κ3) is 11.4. The first kappa shape index (κ1) is 25.9. The predicted octanol–water partition coefficient (Wildman–Crippen LogP) is 0.455. The molecule has 0 aromatic rings. The predicted molar refractivity (Wildman–Crippen MR) is 98.9 cm³/mol. The summed E-state index contributed by atoms with van der Waals surface area (Å²) in [5, 5.41) is 46.5.